The molecule has 1 aromatic carbocycles. The number of carbonyl (C=O) groups is 2. The standard InChI is InChI=1S/C15H15N3O4/c1-10(19)11-3-2-4-12(9-11)16-13(20)5-7-18-8-6-14(21)17-15(18)22/h2-4,6,8-9H,5,7H2,1H3,(H,16,20)(H,17,21,22). The minimum absolute atomic E-state index is 0.0657. The molecule has 2 N–H and O–H groups in total. The zero-order valence-electron chi connectivity index (χ0n) is 12.0. The molecule has 0 saturated carbocycles. The quantitative estimate of drug-likeness (QED) is 0.796. The fraction of sp³-hybridized carbons (Fsp3) is 0.200. The molecule has 0 bridgehead atoms. The Morgan fingerprint density at radius 3 is 2.68 bits per heavy atom. The third-order valence-corrected chi connectivity index (χ3v) is 3.03. The molecule has 0 aliphatic heterocycles. The summed E-state index contributed by atoms with van der Waals surface area (Å²) in [5.41, 5.74) is -0.00760. The van der Waals surface area contributed by atoms with E-state index in [1.807, 2.05) is 0 Å². The smallest absolute Gasteiger partial charge is 0.326 e. The van der Waals surface area contributed by atoms with Gasteiger partial charge in [0.25, 0.3) is 5.56 Å². The molecule has 0 atom stereocenters. The molecule has 0 saturated heterocycles. The number of amides is 1. The average molecular weight is 301 g/mol. The summed E-state index contributed by atoms with van der Waals surface area (Å²) in [6.07, 6.45) is 1.40. The zero-order chi connectivity index (χ0) is 16.1. The second kappa shape index (κ2) is 6.66. The molecule has 0 unspecified atom stereocenters. The summed E-state index contributed by atoms with van der Waals surface area (Å²) in [5, 5.41) is 2.66. The summed E-state index contributed by atoms with van der Waals surface area (Å²) in [4.78, 5) is 47.7. The Morgan fingerprint density at radius 2 is 2.00 bits per heavy atom. The summed E-state index contributed by atoms with van der Waals surface area (Å²) >= 11 is 0. The number of nitrogens with one attached hydrogen (secondary N) is 2. The van der Waals surface area contributed by atoms with Crippen molar-refractivity contribution in [3.8, 4) is 0 Å². The first-order chi connectivity index (χ1) is 10.5. The van der Waals surface area contributed by atoms with Crippen molar-refractivity contribution in [1.82, 2.24) is 9.55 Å². The molecule has 114 valence electrons. The predicted molar refractivity (Wildman–Crippen MR) is 81.0 cm³/mol. The van der Waals surface area contributed by atoms with Gasteiger partial charge in [0.05, 0.1) is 0 Å². The first-order valence-electron chi connectivity index (χ1n) is 6.66. The van der Waals surface area contributed by atoms with Crippen LogP contribution in [0.4, 0.5) is 5.69 Å². The number of carbonyl (C=O) groups excluding carboxylic acids is 2. The van der Waals surface area contributed by atoms with Gasteiger partial charge in [-0.3, -0.25) is 19.4 Å². The number of ketones is 1. The third-order valence-electron chi connectivity index (χ3n) is 3.03. The van der Waals surface area contributed by atoms with E-state index in [1.165, 1.54) is 23.8 Å². The van der Waals surface area contributed by atoms with Crippen molar-refractivity contribution in [3.05, 3.63) is 62.9 Å². The van der Waals surface area contributed by atoms with Crippen LogP contribution in [0.15, 0.2) is 46.1 Å². The maximum Gasteiger partial charge on any atom is 0.328 e. The van der Waals surface area contributed by atoms with Crippen molar-refractivity contribution in [2.45, 2.75) is 19.9 Å². The van der Waals surface area contributed by atoms with E-state index in [9.17, 15) is 19.2 Å². The molecule has 2 rings (SSSR count). The highest BCUT2D eigenvalue weighted by atomic mass is 16.2. The Hall–Kier alpha value is -2.96. The van der Waals surface area contributed by atoms with Crippen LogP contribution in [0.1, 0.15) is 23.7 Å². The van der Waals surface area contributed by atoms with Gasteiger partial charge < -0.3 is 9.88 Å². The highest BCUT2D eigenvalue weighted by Crippen LogP contribution is 2.11. The van der Waals surface area contributed by atoms with E-state index < -0.39 is 11.2 Å². The van der Waals surface area contributed by atoms with Gasteiger partial charge >= 0.3 is 5.69 Å². The lowest BCUT2D eigenvalue weighted by Crippen LogP contribution is -2.29. The van der Waals surface area contributed by atoms with E-state index >= 15 is 0 Å². The molecule has 1 amide bonds. The molecule has 0 spiro atoms. The maximum atomic E-state index is 11.9. The number of aryl methyl sites for hydroxylation is 1. The topological polar surface area (TPSA) is 101 Å². The summed E-state index contributed by atoms with van der Waals surface area (Å²) in [6, 6.07) is 7.83. The Bertz CT molecular complexity index is 820. The third kappa shape index (κ3) is 4.02. The van der Waals surface area contributed by atoms with Crippen molar-refractivity contribution in [3.63, 3.8) is 0 Å². The lowest BCUT2D eigenvalue weighted by molar-refractivity contribution is -0.116. The second-order valence-electron chi connectivity index (χ2n) is 4.74. The van der Waals surface area contributed by atoms with E-state index in [4.69, 9.17) is 0 Å². The van der Waals surface area contributed by atoms with Crippen molar-refractivity contribution in [1.29, 1.82) is 0 Å². The minimum Gasteiger partial charge on any atom is -0.326 e. The molecule has 0 aliphatic rings. The van der Waals surface area contributed by atoms with E-state index in [1.54, 1.807) is 24.3 Å². The van der Waals surface area contributed by atoms with Crippen molar-refractivity contribution >= 4 is 17.4 Å². The Morgan fingerprint density at radius 1 is 1.23 bits per heavy atom. The lowest BCUT2D eigenvalue weighted by atomic mass is 10.1. The summed E-state index contributed by atoms with van der Waals surface area (Å²) in [6.45, 7) is 1.59. The number of hydrogen-bond acceptors (Lipinski definition) is 4. The van der Waals surface area contributed by atoms with Gasteiger partial charge in [-0.2, -0.15) is 0 Å². The number of rotatable bonds is 5. The summed E-state index contributed by atoms with van der Waals surface area (Å²) < 4.78 is 1.24. The first kappa shape index (κ1) is 15.4. The van der Waals surface area contributed by atoms with Gasteiger partial charge in [-0.1, -0.05) is 12.1 Å². The lowest BCUT2D eigenvalue weighted by Gasteiger charge is -2.07. The SMILES string of the molecule is CC(=O)c1cccc(NC(=O)CCn2ccc(=O)[nH]c2=O)c1. The number of benzene rings is 1. The molecule has 0 fully saturated rings. The van der Waals surface area contributed by atoms with E-state index in [0.717, 1.165) is 0 Å². The van der Waals surface area contributed by atoms with E-state index in [-0.39, 0.29) is 24.7 Å². The number of Topliss-reactive ketones (excluding diaryl/α,β-unsaturated/α-hetero) is 1. The Kier molecular flexibility index (Phi) is 4.67. The zero-order valence-corrected chi connectivity index (χ0v) is 12.0. The Balaban J connectivity index is 1.98. The van der Waals surface area contributed by atoms with Gasteiger partial charge in [-0.05, 0) is 19.1 Å². The first-order valence-corrected chi connectivity index (χ1v) is 6.66. The van der Waals surface area contributed by atoms with Crippen molar-refractivity contribution in [2.75, 3.05) is 5.32 Å². The average Bonchev–Trinajstić information content (AvgIpc) is 2.46. The summed E-state index contributed by atoms with van der Waals surface area (Å²) in [5.74, 6) is -0.380. The maximum absolute atomic E-state index is 11.9. The highest BCUT2D eigenvalue weighted by molar-refractivity contribution is 5.97. The van der Waals surface area contributed by atoms with Crippen LogP contribution in [0, 0.1) is 0 Å². The number of aromatic nitrogens is 2. The van der Waals surface area contributed by atoms with Crippen LogP contribution < -0.4 is 16.6 Å². The molecular weight excluding hydrogens is 286 g/mol. The fourth-order valence-electron chi connectivity index (χ4n) is 1.88. The van der Waals surface area contributed by atoms with Gasteiger partial charge in [0.15, 0.2) is 5.78 Å². The molecule has 22 heavy (non-hydrogen) atoms. The second-order valence-corrected chi connectivity index (χ2v) is 4.74. The van der Waals surface area contributed by atoms with Gasteiger partial charge in [0.2, 0.25) is 5.91 Å². The van der Waals surface area contributed by atoms with Crippen LogP contribution in [0.5, 0.6) is 0 Å². The van der Waals surface area contributed by atoms with Crippen LogP contribution in [0.3, 0.4) is 0 Å². The molecule has 1 aromatic heterocycles. The van der Waals surface area contributed by atoms with Gasteiger partial charge in [0, 0.05) is 36.5 Å². The van der Waals surface area contributed by atoms with Crippen LogP contribution in [0.2, 0.25) is 0 Å². The molecule has 7 nitrogen and oxygen atoms in total. The Labute approximate surface area is 125 Å². The van der Waals surface area contributed by atoms with Crippen LogP contribution in [-0.4, -0.2) is 21.2 Å². The van der Waals surface area contributed by atoms with Gasteiger partial charge in [-0.15, -0.1) is 0 Å². The number of nitrogens with zero attached hydrogens (tertiary/aromatic N) is 1. The van der Waals surface area contributed by atoms with Crippen LogP contribution in [0.25, 0.3) is 0 Å². The molecule has 1 heterocycles. The molecule has 7 heteroatoms. The van der Waals surface area contributed by atoms with Crippen LogP contribution >= 0.6 is 0 Å². The van der Waals surface area contributed by atoms with E-state index in [2.05, 4.69) is 10.3 Å². The van der Waals surface area contributed by atoms with Gasteiger partial charge in [-0.25, -0.2) is 4.79 Å². The number of hydrogen-bond donors (Lipinski definition) is 2. The van der Waals surface area contributed by atoms with Gasteiger partial charge in [0.1, 0.15) is 0 Å². The molecule has 2 aromatic rings. The normalized spacial score (nSPS) is 10.2. The van der Waals surface area contributed by atoms with E-state index in [0.29, 0.717) is 11.3 Å². The largest absolute Gasteiger partial charge is 0.328 e. The van der Waals surface area contributed by atoms with Crippen molar-refractivity contribution in [2.24, 2.45) is 0 Å². The number of H-pyrrole nitrogens is 1. The molecule has 0 radical (unpaired) electrons. The monoisotopic (exact) mass is 301 g/mol. The fourth-order valence-corrected chi connectivity index (χ4v) is 1.88. The molecular formula is C15H15N3O4. The predicted octanol–water partition coefficient (Wildman–Crippen LogP) is 0.768. The highest BCUT2D eigenvalue weighted by Gasteiger charge is 2.06. The minimum atomic E-state index is -0.557. The number of anilines is 1. The number of aromatic amines is 1. The van der Waals surface area contributed by atoms with Crippen molar-refractivity contribution < 1.29 is 9.59 Å². The molecule has 0 aliphatic carbocycles. The summed E-state index contributed by atoms with van der Waals surface area (Å²) in [7, 11) is 0. The van der Waals surface area contributed by atoms with Crippen LogP contribution in [-0.2, 0) is 11.3 Å².